The van der Waals surface area contributed by atoms with Crippen LogP contribution in [0.15, 0.2) is 0 Å². The van der Waals surface area contributed by atoms with Gasteiger partial charge in [-0.3, -0.25) is 5.84 Å². The van der Waals surface area contributed by atoms with E-state index in [4.69, 9.17) is 5.84 Å². The fourth-order valence-electron chi connectivity index (χ4n) is 2.62. The normalized spacial score (nSPS) is 12.0. The maximum absolute atomic E-state index is 5.74. The van der Waals surface area contributed by atoms with E-state index in [-0.39, 0.29) is 0 Å². The Hall–Kier alpha value is -0.160. The van der Waals surface area contributed by atoms with Crippen LogP contribution in [-0.4, -0.2) is 68.7 Å². The van der Waals surface area contributed by atoms with Crippen LogP contribution in [0.3, 0.4) is 0 Å². The Morgan fingerprint density at radius 3 is 1.59 bits per heavy atom. The molecule has 0 rings (SSSR count). The molecule has 0 aliphatic carbocycles. The summed E-state index contributed by atoms with van der Waals surface area (Å²) in [4.78, 5) is 4.82. The third kappa shape index (κ3) is 16.2. The van der Waals surface area contributed by atoms with Crippen LogP contribution in [0, 0.1) is 0 Å². The summed E-state index contributed by atoms with van der Waals surface area (Å²) in [7, 11) is 6.24. The number of nitrogens with zero attached hydrogens (tertiary/aromatic N) is 3. The third-order valence-corrected chi connectivity index (χ3v) is 4.21. The molecule has 4 nitrogen and oxygen atoms in total. The summed E-state index contributed by atoms with van der Waals surface area (Å²) in [6.07, 6.45) is 12.6. The molecule has 0 atom stereocenters. The molecule has 0 heterocycles. The minimum atomic E-state index is 0.949. The van der Waals surface area contributed by atoms with E-state index in [0.29, 0.717) is 0 Å². The number of likely N-dealkylation sites (N-methyl/N-ethyl adjacent to an activating group) is 2. The van der Waals surface area contributed by atoms with Crippen molar-refractivity contribution in [3.8, 4) is 0 Å². The van der Waals surface area contributed by atoms with Crippen molar-refractivity contribution < 1.29 is 0 Å². The van der Waals surface area contributed by atoms with Gasteiger partial charge in [-0.15, -0.1) is 0 Å². The number of rotatable bonds is 16. The van der Waals surface area contributed by atoms with Crippen molar-refractivity contribution in [3.05, 3.63) is 0 Å². The van der Waals surface area contributed by atoms with Crippen LogP contribution >= 0.6 is 0 Å². The molecular formula is C18H42N4. The van der Waals surface area contributed by atoms with Gasteiger partial charge in [0.2, 0.25) is 0 Å². The maximum atomic E-state index is 5.74. The monoisotopic (exact) mass is 314 g/mol. The molecule has 2 N–H and O–H groups in total. The lowest BCUT2D eigenvalue weighted by Gasteiger charge is -2.25. The summed E-state index contributed by atoms with van der Waals surface area (Å²) in [6.45, 7) is 7.81. The predicted molar refractivity (Wildman–Crippen MR) is 99.0 cm³/mol. The molecule has 0 spiro atoms. The second kappa shape index (κ2) is 15.7. The zero-order valence-corrected chi connectivity index (χ0v) is 15.8. The molecule has 0 aromatic rings. The first kappa shape index (κ1) is 21.8. The number of unbranched alkanes of at least 4 members (excludes halogenated alkanes) is 8. The van der Waals surface area contributed by atoms with Gasteiger partial charge in [-0.25, -0.2) is 5.01 Å². The van der Waals surface area contributed by atoms with Gasteiger partial charge in [0, 0.05) is 33.2 Å². The fraction of sp³-hybridized carbons (Fsp3) is 1.00. The van der Waals surface area contributed by atoms with Crippen LogP contribution in [-0.2, 0) is 0 Å². The van der Waals surface area contributed by atoms with E-state index in [1.54, 1.807) is 5.01 Å². The molecule has 0 aromatic carbocycles. The van der Waals surface area contributed by atoms with Gasteiger partial charge in [0.05, 0.1) is 0 Å². The largest absolute Gasteiger partial charge is 0.308 e. The molecule has 22 heavy (non-hydrogen) atoms. The molecule has 0 saturated carbocycles. The average molecular weight is 315 g/mol. The predicted octanol–water partition coefficient (Wildman–Crippen LogP) is 3.19. The van der Waals surface area contributed by atoms with Crippen LogP contribution in [0.5, 0.6) is 0 Å². The van der Waals surface area contributed by atoms with Crippen molar-refractivity contribution in [3.63, 3.8) is 0 Å². The molecule has 0 fully saturated rings. The van der Waals surface area contributed by atoms with Crippen LogP contribution in [0.4, 0.5) is 0 Å². The number of nitrogens with two attached hydrogens (primary N) is 1. The first-order chi connectivity index (χ1) is 10.6. The van der Waals surface area contributed by atoms with E-state index in [1.165, 1.54) is 64.3 Å². The van der Waals surface area contributed by atoms with Gasteiger partial charge >= 0.3 is 0 Å². The van der Waals surface area contributed by atoms with Crippen molar-refractivity contribution in [2.45, 2.75) is 64.7 Å². The molecular weight excluding hydrogens is 272 g/mol. The van der Waals surface area contributed by atoms with Crippen LogP contribution < -0.4 is 5.84 Å². The topological polar surface area (TPSA) is 35.7 Å². The SMILES string of the molecule is CCCCCCCCCCCN(CCN(C)C)CCN(C)N. The van der Waals surface area contributed by atoms with E-state index >= 15 is 0 Å². The highest BCUT2D eigenvalue weighted by Gasteiger charge is 2.06. The van der Waals surface area contributed by atoms with Crippen molar-refractivity contribution in [2.24, 2.45) is 5.84 Å². The molecule has 0 bridgehead atoms. The highest BCUT2D eigenvalue weighted by atomic mass is 15.4. The lowest BCUT2D eigenvalue weighted by molar-refractivity contribution is 0.205. The van der Waals surface area contributed by atoms with E-state index in [1.807, 2.05) is 7.05 Å². The number of hydrazine groups is 1. The molecule has 134 valence electrons. The summed E-state index contributed by atoms with van der Waals surface area (Å²) >= 11 is 0. The lowest BCUT2D eigenvalue weighted by Crippen LogP contribution is -2.39. The fourth-order valence-corrected chi connectivity index (χ4v) is 2.62. The van der Waals surface area contributed by atoms with E-state index in [0.717, 1.165) is 26.2 Å². The van der Waals surface area contributed by atoms with Gasteiger partial charge in [0.1, 0.15) is 0 Å². The average Bonchev–Trinajstić information content (AvgIpc) is 2.47. The first-order valence-corrected chi connectivity index (χ1v) is 9.39. The number of hydrogen-bond acceptors (Lipinski definition) is 4. The summed E-state index contributed by atoms with van der Waals surface area (Å²) in [5, 5.41) is 1.79. The van der Waals surface area contributed by atoms with Crippen molar-refractivity contribution >= 4 is 0 Å². The Kier molecular flexibility index (Phi) is 15.6. The van der Waals surface area contributed by atoms with Crippen LogP contribution in [0.1, 0.15) is 64.7 Å². The molecule has 0 amide bonds. The Labute approximate surface area is 140 Å². The van der Waals surface area contributed by atoms with Gasteiger partial charge in [0.25, 0.3) is 0 Å². The molecule has 0 aromatic heterocycles. The second-order valence-corrected chi connectivity index (χ2v) is 6.95. The third-order valence-electron chi connectivity index (χ3n) is 4.21. The van der Waals surface area contributed by atoms with Crippen molar-refractivity contribution in [2.75, 3.05) is 53.9 Å². The Balaban J connectivity index is 3.60. The number of hydrogen-bond donors (Lipinski definition) is 1. The standard InChI is InChI=1S/C18H42N4/c1-5-6-7-8-9-10-11-12-13-14-22(17-15-20(2)3)18-16-21(4)19/h5-19H2,1-4H3. The van der Waals surface area contributed by atoms with Gasteiger partial charge in [-0.05, 0) is 27.1 Å². The summed E-state index contributed by atoms with van der Waals surface area (Å²) in [5.41, 5.74) is 0. The molecule has 0 saturated heterocycles. The van der Waals surface area contributed by atoms with Gasteiger partial charge in [-0.2, -0.15) is 0 Å². The van der Waals surface area contributed by atoms with Crippen molar-refractivity contribution in [1.29, 1.82) is 0 Å². The van der Waals surface area contributed by atoms with Crippen LogP contribution in [0.25, 0.3) is 0 Å². The lowest BCUT2D eigenvalue weighted by atomic mass is 10.1. The van der Waals surface area contributed by atoms with Gasteiger partial charge < -0.3 is 9.80 Å². The molecule has 0 aliphatic heterocycles. The zero-order chi connectivity index (χ0) is 16.6. The summed E-state index contributed by atoms with van der Waals surface area (Å²) in [6, 6.07) is 0. The van der Waals surface area contributed by atoms with Gasteiger partial charge in [-0.1, -0.05) is 58.3 Å². The minimum Gasteiger partial charge on any atom is -0.308 e. The Morgan fingerprint density at radius 1 is 0.591 bits per heavy atom. The maximum Gasteiger partial charge on any atom is 0.0253 e. The summed E-state index contributed by atoms with van der Waals surface area (Å²) < 4.78 is 0. The molecule has 0 aliphatic rings. The van der Waals surface area contributed by atoms with E-state index < -0.39 is 0 Å². The highest BCUT2D eigenvalue weighted by molar-refractivity contribution is 4.62. The van der Waals surface area contributed by atoms with Crippen molar-refractivity contribution in [1.82, 2.24) is 14.8 Å². The van der Waals surface area contributed by atoms with Crippen LogP contribution in [0.2, 0.25) is 0 Å². The molecule has 4 heteroatoms. The minimum absolute atomic E-state index is 0.949. The smallest absolute Gasteiger partial charge is 0.0253 e. The van der Waals surface area contributed by atoms with Gasteiger partial charge in [0.15, 0.2) is 0 Å². The Bertz CT molecular complexity index is 207. The van der Waals surface area contributed by atoms with E-state index in [2.05, 4.69) is 30.8 Å². The summed E-state index contributed by atoms with van der Waals surface area (Å²) in [5.74, 6) is 5.74. The molecule has 0 radical (unpaired) electrons. The second-order valence-electron chi connectivity index (χ2n) is 6.95. The Morgan fingerprint density at radius 2 is 1.09 bits per heavy atom. The highest BCUT2D eigenvalue weighted by Crippen LogP contribution is 2.10. The zero-order valence-electron chi connectivity index (χ0n) is 15.8. The molecule has 0 unspecified atom stereocenters. The van der Waals surface area contributed by atoms with E-state index in [9.17, 15) is 0 Å². The first-order valence-electron chi connectivity index (χ1n) is 9.39. The quantitative estimate of drug-likeness (QED) is 0.270.